The van der Waals surface area contributed by atoms with Crippen LogP contribution in [0.5, 0.6) is 5.75 Å². The summed E-state index contributed by atoms with van der Waals surface area (Å²) in [6.07, 6.45) is 0. The number of hydrogen-bond donors (Lipinski definition) is 2. The molecule has 0 saturated heterocycles. The molecule has 6 nitrogen and oxygen atoms in total. The number of carbonyl (C=O) groups excluding carboxylic acids is 1. The second-order valence-corrected chi connectivity index (χ2v) is 8.12. The van der Waals surface area contributed by atoms with Gasteiger partial charge in [0.2, 0.25) is 0 Å². The van der Waals surface area contributed by atoms with E-state index < -0.39 is 10.0 Å². The Labute approximate surface area is 170 Å². The number of benzene rings is 3. The molecule has 3 rings (SSSR count). The van der Waals surface area contributed by atoms with Gasteiger partial charge in [0.25, 0.3) is 15.9 Å². The molecule has 0 aliphatic heterocycles. The van der Waals surface area contributed by atoms with Gasteiger partial charge in [-0.25, -0.2) is 8.42 Å². The van der Waals surface area contributed by atoms with E-state index in [-0.39, 0.29) is 16.8 Å². The van der Waals surface area contributed by atoms with Crippen molar-refractivity contribution in [1.82, 2.24) is 5.32 Å². The maximum absolute atomic E-state index is 12.6. The van der Waals surface area contributed by atoms with Crippen molar-refractivity contribution in [2.24, 2.45) is 0 Å². The van der Waals surface area contributed by atoms with Crippen molar-refractivity contribution >= 4 is 21.6 Å². The molecule has 3 aromatic carbocycles. The van der Waals surface area contributed by atoms with E-state index in [0.717, 1.165) is 5.56 Å². The Hall–Kier alpha value is -3.32. The van der Waals surface area contributed by atoms with E-state index >= 15 is 0 Å². The number of para-hydroxylation sites is 2. The SMILES string of the molecule is COc1ccccc1NS(=O)(=O)c1ccc(C(=O)NC(C)c2ccccc2)cc1. The van der Waals surface area contributed by atoms with Gasteiger partial charge >= 0.3 is 0 Å². The topological polar surface area (TPSA) is 84.5 Å². The van der Waals surface area contributed by atoms with E-state index in [1.54, 1.807) is 24.3 Å². The summed E-state index contributed by atoms with van der Waals surface area (Å²) in [6, 6.07) is 22.0. The fraction of sp³-hybridized carbons (Fsp3) is 0.136. The van der Waals surface area contributed by atoms with Crippen LogP contribution in [0.2, 0.25) is 0 Å². The summed E-state index contributed by atoms with van der Waals surface area (Å²) in [5, 5.41) is 2.91. The monoisotopic (exact) mass is 410 g/mol. The third-order valence-corrected chi connectivity index (χ3v) is 5.81. The molecule has 1 atom stereocenters. The van der Waals surface area contributed by atoms with Crippen LogP contribution in [0.3, 0.4) is 0 Å². The third kappa shape index (κ3) is 4.94. The smallest absolute Gasteiger partial charge is 0.262 e. The van der Waals surface area contributed by atoms with Crippen LogP contribution in [-0.2, 0) is 10.0 Å². The van der Waals surface area contributed by atoms with Crippen LogP contribution >= 0.6 is 0 Å². The zero-order valence-corrected chi connectivity index (χ0v) is 16.9. The molecule has 29 heavy (non-hydrogen) atoms. The Balaban J connectivity index is 1.72. The van der Waals surface area contributed by atoms with Gasteiger partial charge in [-0.15, -0.1) is 0 Å². The molecule has 1 amide bonds. The lowest BCUT2D eigenvalue weighted by molar-refractivity contribution is 0.0940. The van der Waals surface area contributed by atoms with Crippen molar-refractivity contribution < 1.29 is 17.9 Å². The number of anilines is 1. The Morgan fingerprint density at radius 1 is 0.897 bits per heavy atom. The maximum Gasteiger partial charge on any atom is 0.262 e. The predicted molar refractivity (Wildman–Crippen MR) is 113 cm³/mol. The third-order valence-electron chi connectivity index (χ3n) is 4.43. The average molecular weight is 410 g/mol. The molecule has 0 radical (unpaired) electrons. The Kier molecular flexibility index (Phi) is 6.19. The van der Waals surface area contributed by atoms with Crippen molar-refractivity contribution in [1.29, 1.82) is 0 Å². The molecule has 0 aliphatic carbocycles. The van der Waals surface area contributed by atoms with E-state index in [1.807, 2.05) is 37.3 Å². The van der Waals surface area contributed by atoms with E-state index in [0.29, 0.717) is 17.0 Å². The molecule has 0 bridgehead atoms. The van der Waals surface area contributed by atoms with Gasteiger partial charge in [0, 0.05) is 5.56 Å². The predicted octanol–water partition coefficient (Wildman–Crippen LogP) is 3.99. The first-order chi connectivity index (χ1) is 13.9. The highest BCUT2D eigenvalue weighted by Crippen LogP contribution is 2.26. The van der Waals surface area contributed by atoms with Crippen LogP contribution in [0.1, 0.15) is 28.9 Å². The first-order valence-electron chi connectivity index (χ1n) is 9.02. The standard InChI is InChI=1S/C22H22N2O4S/c1-16(17-8-4-3-5-9-17)23-22(25)18-12-14-19(15-13-18)29(26,27)24-20-10-6-7-11-21(20)28-2/h3-16,24H,1-2H3,(H,23,25). The molecular formula is C22H22N2O4S. The van der Waals surface area contributed by atoms with Gasteiger partial charge in [-0.1, -0.05) is 42.5 Å². The Morgan fingerprint density at radius 3 is 2.17 bits per heavy atom. The van der Waals surface area contributed by atoms with Crippen molar-refractivity contribution in [2.75, 3.05) is 11.8 Å². The van der Waals surface area contributed by atoms with Crippen LogP contribution in [-0.4, -0.2) is 21.4 Å². The highest BCUT2D eigenvalue weighted by atomic mass is 32.2. The van der Waals surface area contributed by atoms with Crippen LogP contribution < -0.4 is 14.8 Å². The van der Waals surface area contributed by atoms with Crippen molar-refractivity contribution in [2.45, 2.75) is 17.9 Å². The summed E-state index contributed by atoms with van der Waals surface area (Å²) in [4.78, 5) is 12.5. The van der Waals surface area contributed by atoms with Crippen molar-refractivity contribution in [3.05, 3.63) is 90.0 Å². The fourth-order valence-electron chi connectivity index (χ4n) is 2.82. The lowest BCUT2D eigenvalue weighted by Crippen LogP contribution is -2.26. The van der Waals surface area contributed by atoms with Gasteiger partial charge < -0.3 is 10.1 Å². The fourth-order valence-corrected chi connectivity index (χ4v) is 3.89. The summed E-state index contributed by atoms with van der Waals surface area (Å²) in [5.41, 5.74) is 1.71. The number of hydrogen-bond acceptors (Lipinski definition) is 4. The van der Waals surface area contributed by atoms with E-state index in [4.69, 9.17) is 4.74 Å². The maximum atomic E-state index is 12.6. The zero-order valence-electron chi connectivity index (χ0n) is 16.1. The zero-order chi connectivity index (χ0) is 20.9. The number of rotatable bonds is 7. The Bertz CT molecular complexity index is 1080. The van der Waals surface area contributed by atoms with Crippen LogP contribution in [0.25, 0.3) is 0 Å². The van der Waals surface area contributed by atoms with Crippen LogP contribution in [0, 0.1) is 0 Å². The molecule has 0 aliphatic rings. The van der Waals surface area contributed by atoms with Gasteiger partial charge in [0.05, 0.1) is 23.7 Å². The number of amides is 1. The first kappa shape index (κ1) is 20.4. The van der Waals surface area contributed by atoms with Crippen LogP contribution in [0.4, 0.5) is 5.69 Å². The first-order valence-corrected chi connectivity index (χ1v) is 10.5. The molecule has 0 saturated carbocycles. The average Bonchev–Trinajstić information content (AvgIpc) is 2.74. The minimum absolute atomic E-state index is 0.0519. The molecule has 0 aromatic heterocycles. The second kappa shape index (κ2) is 8.79. The highest BCUT2D eigenvalue weighted by Gasteiger charge is 2.18. The van der Waals surface area contributed by atoms with E-state index in [9.17, 15) is 13.2 Å². The number of methoxy groups -OCH3 is 1. The lowest BCUT2D eigenvalue weighted by Gasteiger charge is -2.15. The van der Waals surface area contributed by atoms with Crippen molar-refractivity contribution in [3.63, 3.8) is 0 Å². The number of nitrogens with one attached hydrogen (secondary N) is 2. The summed E-state index contributed by atoms with van der Waals surface area (Å²) < 4.78 is 33.0. The van der Waals surface area contributed by atoms with Gasteiger partial charge in [-0.3, -0.25) is 9.52 Å². The number of sulfonamides is 1. The Morgan fingerprint density at radius 2 is 1.52 bits per heavy atom. The summed E-state index contributed by atoms with van der Waals surface area (Å²) in [7, 11) is -2.35. The summed E-state index contributed by atoms with van der Waals surface area (Å²) in [5.74, 6) is 0.143. The van der Waals surface area contributed by atoms with Gasteiger partial charge in [0.1, 0.15) is 5.75 Å². The van der Waals surface area contributed by atoms with Gasteiger partial charge in [-0.2, -0.15) is 0 Å². The molecule has 0 heterocycles. The molecular weight excluding hydrogens is 388 g/mol. The van der Waals surface area contributed by atoms with Crippen molar-refractivity contribution in [3.8, 4) is 5.75 Å². The highest BCUT2D eigenvalue weighted by molar-refractivity contribution is 7.92. The molecule has 0 spiro atoms. The van der Waals surface area contributed by atoms with Crippen LogP contribution in [0.15, 0.2) is 83.8 Å². The largest absolute Gasteiger partial charge is 0.495 e. The second-order valence-electron chi connectivity index (χ2n) is 6.44. The van der Waals surface area contributed by atoms with E-state index in [1.165, 1.54) is 31.4 Å². The summed E-state index contributed by atoms with van der Waals surface area (Å²) >= 11 is 0. The van der Waals surface area contributed by atoms with Gasteiger partial charge in [0.15, 0.2) is 0 Å². The minimum Gasteiger partial charge on any atom is -0.495 e. The molecule has 1 unspecified atom stereocenters. The lowest BCUT2D eigenvalue weighted by atomic mass is 10.1. The minimum atomic E-state index is -3.82. The number of ether oxygens (including phenoxy) is 1. The molecule has 150 valence electrons. The molecule has 0 fully saturated rings. The molecule has 7 heteroatoms. The molecule has 3 aromatic rings. The summed E-state index contributed by atoms with van der Waals surface area (Å²) in [6.45, 7) is 1.89. The number of carbonyl (C=O) groups is 1. The van der Waals surface area contributed by atoms with Gasteiger partial charge in [-0.05, 0) is 48.9 Å². The molecule has 2 N–H and O–H groups in total. The van der Waals surface area contributed by atoms with E-state index in [2.05, 4.69) is 10.0 Å². The normalized spacial score (nSPS) is 12.1. The quantitative estimate of drug-likeness (QED) is 0.617.